The topological polar surface area (TPSA) is 85.3 Å². The van der Waals surface area contributed by atoms with E-state index in [0.717, 1.165) is 16.5 Å². The van der Waals surface area contributed by atoms with E-state index in [-0.39, 0.29) is 17.2 Å². The number of nitriles is 1. The van der Waals surface area contributed by atoms with Crippen molar-refractivity contribution in [1.29, 1.82) is 5.26 Å². The van der Waals surface area contributed by atoms with E-state index in [4.69, 9.17) is 15.2 Å². The van der Waals surface area contributed by atoms with Crippen LogP contribution in [0.25, 0.3) is 0 Å². The summed E-state index contributed by atoms with van der Waals surface area (Å²) in [6.45, 7) is 0. The van der Waals surface area contributed by atoms with Crippen LogP contribution in [0.1, 0.15) is 30.7 Å². The number of benzene rings is 1. The van der Waals surface area contributed by atoms with Gasteiger partial charge in [-0.05, 0) is 24.6 Å². The number of ketones is 1. The first-order valence-corrected chi connectivity index (χ1v) is 8.03. The van der Waals surface area contributed by atoms with Gasteiger partial charge in [-0.3, -0.25) is 4.79 Å². The van der Waals surface area contributed by atoms with Gasteiger partial charge in [-0.25, -0.2) is 0 Å². The van der Waals surface area contributed by atoms with Gasteiger partial charge in [0.2, 0.25) is 5.88 Å². The number of nitrogens with two attached hydrogens (primary N) is 1. The van der Waals surface area contributed by atoms with Gasteiger partial charge in [0, 0.05) is 28.5 Å². The van der Waals surface area contributed by atoms with E-state index < -0.39 is 5.92 Å². The van der Waals surface area contributed by atoms with Crippen LogP contribution in [0.2, 0.25) is 0 Å². The minimum Gasteiger partial charge on any atom is -0.496 e. The summed E-state index contributed by atoms with van der Waals surface area (Å²) in [5, 5.41) is 9.55. The lowest BCUT2D eigenvalue weighted by atomic mass is 9.77. The molecule has 0 fully saturated rings. The van der Waals surface area contributed by atoms with Crippen LogP contribution >= 0.6 is 15.9 Å². The van der Waals surface area contributed by atoms with E-state index in [2.05, 4.69) is 22.0 Å². The van der Waals surface area contributed by atoms with Crippen molar-refractivity contribution < 1.29 is 14.3 Å². The highest BCUT2D eigenvalue weighted by atomic mass is 79.9. The highest BCUT2D eigenvalue weighted by molar-refractivity contribution is 9.10. The van der Waals surface area contributed by atoms with Gasteiger partial charge in [0.05, 0.1) is 13.0 Å². The Labute approximate surface area is 142 Å². The van der Waals surface area contributed by atoms with Crippen LogP contribution in [0.3, 0.4) is 0 Å². The first-order valence-electron chi connectivity index (χ1n) is 7.24. The maximum absolute atomic E-state index is 12.5. The quantitative estimate of drug-likeness (QED) is 0.858. The molecule has 1 atom stereocenters. The second-order valence-corrected chi connectivity index (χ2v) is 6.34. The second kappa shape index (κ2) is 6.09. The fourth-order valence-corrected chi connectivity index (χ4v) is 3.48. The first kappa shape index (κ1) is 15.6. The molecular weight excluding hydrogens is 360 g/mol. The zero-order valence-corrected chi connectivity index (χ0v) is 14.1. The molecule has 2 aliphatic rings. The molecule has 1 aromatic carbocycles. The van der Waals surface area contributed by atoms with Gasteiger partial charge < -0.3 is 15.2 Å². The molecule has 6 heteroatoms. The summed E-state index contributed by atoms with van der Waals surface area (Å²) < 4.78 is 11.8. The predicted molar refractivity (Wildman–Crippen MR) is 87.2 cm³/mol. The lowest BCUT2D eigenvalue weighted by Crippen LogP contribution is -2.27. The van der Waals surface area contributed by atoms with Gasteiger partial charge in [-0.15, -0.1) is 0 Å². The Morgan fingerprint density at radius 2 is 2.22 bits per heavy atom. The molecule has 5 nitrogen and oxygen atoms in total. The maximum Gasteiger partial charge on any atom is 0.205 e. The summed E-state index contributed by atoms with van der Waals surface area (Å²) in [7, 11) is 1.56. The van der Waals surface area contributed by atoms with E-state index in [1.165, 1.54) is 0 Å². The smallest absolute Gasteiger partial charge is 0.205 e. The molecule has 23 heavy (non-hydrogen) atoms. The molecule has 1 heterocycles. The number of hydrogen-bond acceptors (Lipinski definition) is 5. The van der Waals surface area contributed by atoms with Crippen LogP contribution in [-0.2, 0) is 9.53 Å². The number of Topliss-reactive ketones (excluding diaryl/α,β-unsaturated/α-hetero) is 1. The average Bonchev–Trinajstić information content (AvgIpc) is 2.53. The number of allylic oxidation sites excluding steroid dienone is 3. The minimum absolute atomic E-state index is 0.00136. The predicted octanol–water partition coefficient (Wildman–Crippen LogP) is 3.27. The van der Waals surface area contributed by atoms with Gasteiger partial charge in [0.25, 0.3) is 0 Å². The molecular formula is C17H15BrN2O3. The molecule has 118 valence electrons. The van der Waals surface area contributed by atoms with Crippen molar-refractivity contribution in [2.24, 2.45) is 5.73 Å². The van der Waals surface area contributed by atoms with Gasteiger partial charge in [0.1, 0.15) is 23.2 Å². The number of hydrogen-bond donors (Lipinski definition) is 1. The number of nitrogens with zero attached hydrogens (tertiary/aromatic N) is 1. The third-order valence-corrected chi connectivity index (χ3v) is 4.60. The monoisotopic (exact) mass is 374 g/mol. The molecule has 2 N–H and O–H groups in total. The van der Waals surface area contributed by atoms with Crippen molar-refractivity contribution in [2.45, 2.75) is 25.2 Å². The van der Waals surface area contributed by atoms with E-state index in [1.54, 1.807) is 13.2 Å². The summed E-state index contributed by atoms with van der Waals surface area (Å²) in [4.78, 5) is 12.5. The van der Waals surface area contributed by atoms with Crippen molar-refractivity contribution in [1.82, 2.24) is 0 Å². The number of halogens is 1. The molecule has 0 spiro atoms. The number of methoxy groups -OCH3 is 1. The minimum atomic E-state index is -0.552. The second-order valence-electron chi connectivity index (χ2n) is 5.42. The number of ether oxygens (including phenoxy) is 2. The summed E-state index contributed by atoms with van der Waals surface area (Å²) in [5.74, 6) is 0.686. The fourth-order valence-electron chi connectivity index (χ4n) is 3.10. The highest BCUT2D eigenvalue weighted by Gasteiger charge is 2.39. The summed E-state index contributed by atoms with van der Waals surface area (Å²) in [5.41, 5.74) is 7.44. The Morgan fingerprint density at radius 1 is 1.43 bits per heavy atom. The van der Waals surface area contributed by atoms with Crippen LogP contribution in [0, 0.1) is 11.3 Å². The van der Waals surface area contributed by atoms with Gasteiger partial charge in [-0.2, -0.15) is 5.26 Å². The molecule has 1 aromatic rings. The van der Waals surface area contributed by atoms with E-state index in [0.29, 0.717) is 29.9 Å². The average molecular weight is 375 g/mol. The van der Waals surface area contributed by atoms with Crippen molar-refractivity contribution in [2.75, 3.05) is 7.11 Å². The van der Waals surface area contributed by atoms with E-state index >= 15 is 0 Å². The SMILES string of the molecule is COc1ccc(Br)cc1C1C(C#N)=C(N)OC2=C1C(=O)CCC2. The molecule has 0 radical (unpaired) electrons. The highest BCUT2D eigenvalue weighted by Crippen LogP contribution is 2.46. The Balaban J connectivity index is 2.26. The van der Waals surface area contributed by atoms with Gasteiger partial charge in [-0.1, -0.05) is 15.9 Å². The van der Waals surface area contributed by atoms with Gasteiger partial charge in [0.15, 0.2) is 5.78 Å². The first-order chi connectivity index (χ1) is 11.1. The Kier molecular flexibility index (Phi) is 4.14. The molecule has 0 saturated heterocycles. The normalized spacial score (nSPS) is 20.7. The zero-order valence-electron chi connectivity index (χ0n) is 12.6. The zero-order chi connectivity index (χ0) is 16.6. The number of carbonyl (C=O) groups is 1. The lowest BCUT2D eigenvalue weighted by molar-refractivity contribution is -0.116. The Hall–Kier alpha value is -2.26. The molecule has 3 rings (SSSR count). The summed E-state index contributed by atoms with van der Waals surface area (Å²) >= 11 is 3.43. The molecule has 0 amide bonds. The van der Waals surface area contributed by atoms with Crippen molar-refractivity contribution in [3.8, 4) is 11.8 Å². The van der Waals surface area contributed by atoms with Crippen LogP contribution in [0.5, 0.6) is 5.75 Å². The van der Waals surface area contributed by atoms with Crippen LogP contribution < -0.4 is 10.5 Å². The van der Waals surface area contributed by atoms with Crippen molar-refractivity contribution in [3.63, 3.8) is 0 Å². The Morgan fingerprint density at radius 3 is 2.91 bits per heavy atom. The number of rotatable bonds is 2. The maximum atomic E-state index is 12.5. The third kappa shape index (κ3) is 2.62. The summed E-state index contributed by atoms with van der Waals surface area (Å²) in [6.07, 6.45) is 1.83. The largest absolute Gasteiger partial charge is 0.496 e. The standard InChI is InChI=1S/C17H15BrN2O3/c1-22-13-6-5-9(18)7-10(13)15-11(8-19)17(20)23-14-4-2-3-12(21)16(14)15/h5-7,15H,2-4,20H2,1H3. The van der Waals surface area contributed by atoms with Crippen LogP contribution in [-0.4, -0.2) is 12.9 Å². The number of carbonyl (C=O) groups excluding carboxylic acids is 1. The molecule has 1 aliphatic carbocycles. The van der Waals surface area contributed by atoms with Crippen molar-refractivity contribution >= 4 is 21.7 Å². The summed E-state index contributed by atoms with van der Waals surface area (Å²) in [6, 6.07) is 7.60. The fraction of sp³-hybridized carbons (Fsp3) is 0.294. The van der Waals surface area contributed by atoms with Gasteiger partial charge >= 0.3 is 0 Å². The van der Waals surface area contributed by atoms with E-state index in [1.807, 2.05) is 12.1 Å². The molecule has 1 unspecified atom stereocenters. The molecule has 0 aromatic heterocycles. The molecule has 0 saturated carbocycles. The van der Waals surface area contributed by atoms with E-state index in [9.17, 15) is 10.1 Å². The lowest BCUT2D eigenvalue weighted by Gasteiger charge is -2.31. The third-order valence-electron chi connectivity index (χ3n) is 4.11. The van der Waals surface area contributed by atoms with Crippen LogP contribution in [0.15, 0.2) is 45.5 Å². The van der Waals surface area contributed by atoms with Crippen LogP contribution in [0.4, 0.5) is 0 Å². The molecule has 1 aliphatic heterocycles. The Bertz CT molecular complexity index is 790. The molecule has 0 bridgehead atoms. The van der Waals surface area contributed by atoms with Crippen molar-refractivity contribution in [3.05, 3.63) is 51.0 Å².